The summed E-state index contributed by atoms with van der Waals surface area (Å²) >= 11 is 7.71. The third-order valence-electron chi connectivity index (χ3n) is 4.23. The molecule has 0 aliphatic carbocycles. The molecule has 2 atom stereocenters. The number of carbonyl (C=O) groups is 2. The first-order chi connectivity index (χ1) is 12.5. The van der Waals surface area contributed by atoms with Crippen LogP contribution < -0.4 is 0 Å². The zero-order chi connectivity index (χ0) is 20.1. The molecular weight excluding hydrogens is 434 g/mol. The molecule has 146 valence electrons. The number of benzene rings is 1. The summed E-state index contributed by atoms with van der Waals surface area (Å²) in [4.78, 5) is 25.2. The number of β-lactam (4-membered cyclic amide) rings is 1. The van der Waals surface area contributed by atoms with Gasteiger partial charge in [0, 0.05) is 16.8 Å². The second-order valence-corrected chi connectivity index (χ2v) is 11.7. The lowest BCUT2D eigenvalue weighted by atomic mass is 9.98. The van der Waals surface area contributed by atoms with Crippen molar-refractivity contribution in [1.29, 1.82) is 0 Å². The minimum Gasteiger partial charge on any atom is -0.480 e. The van der Waals surface area contributed by atoms with Crippen LogP contribution in [0.15, 0.2) is 33.6 Å². The fourth-order valence-corrected chi connectivity index (χ4v) is 6.44. The van der Waals surface area contributed by atoms with Gasteiger partial charge in [0.1, 0.15) is 17.1 Å². The fourth-order valence-electron chi connectivity index (χ4n) is 2.86. The van der Waals surface area contributed by atoms with Crippen molar-refractivity contribution in [3.63, 3.8) is 0 Å². The summed E-state index contributed by atoms with van der Waals surface area (Å²) in [7, 11) is -2.49. The van der Waals surface area contributed by atoms with Gasteiger partial charge >= 0.3 is 5.97 Å². The van der Waals surface area contributed by atoms with Crippen LogP contribution in [-0.4, -0.2) is 62.9 Å². The van der Waals surface area contributed by atoms with Gasteiger partial charge in [0.05, 0.1) is 17.0 Å². The number of carbonyl (C=O) groups excluding carboxylic acids is 1. The summed E-state index contributed by atoms with van der Waals surface area (Å²) in [6.07, 6.45) is 0. The third kappa shape index (κ3) is 3.46. The van der Waals surface area contributed by atoms with Crippen molar-refractivity contribution in [2.75, 3.05) is 7.05 Å². The highest BCUT2D eigenvalue weighted by Crippen LogP contribution is 2.50. The third-order valence-corrected chi connectivity index (χ3v) is 8.83. The van der Waals surface area contributed by atoms with Gasteiger partial charge in [-0.05, 0) is 38.1 Å². The normalized spacial score (nSPS) is 25.6. The van der Waals surface area contributed by atoms with Crippen LogP contribution in [0.1, 0.15) is 13.8 Å². The standard InChI is InChI=1S/C15H16ClN3O5S3/c1-15(2)11(14(21)22)19-12(20)10(13(19)25-15)17-26-18(3)27(23,24)9-6-4-8(16)5-7-9/h4-7,11,13H,1-3H3,(H,21,22)/b17-10+/t11-,13+/m0/s1. The number of carboxylic acids is 1. The largest absolute Gasteiger partial charge is 0.480 e. The molecule has 2 heterocycles. The number of hydrogen-bond acceptors (Lipinski definition) is 7. The Morgan fingerprint density at radius 1 is 1.37 bits per heavy atom. The highest BCUT2D eigenvalue weighted by molar-refractivity contribution is 8.08. The van der Waals surface area contributed by atoms with Gasteiger partial charge in [0.25, 0.3) is 15.9 Å². The minimum absolute atomic E-state index is 0.0472. The Balaban J connectivity index is 1.76. The number of rotatable bonds is 5. The van der Waals surface area contributed by atoms with Crippen molar-refractivity contribution < 1.29 is 23.1 Å². The van der Waals surface area contributed by atoms with Crippen LogP contribution in [0.25, 0.3) is 0 Å². The van der Waals surface area contributed by atoms with Crippen molar-refractivity contribution in [2.45, 2.75) is 34.9 Å². The molecule has 1 aromatic rings. The molecular formula is C15H16ClN3O5S3. The van der Waals surface area contributed by atoms with E-state index >= 15 is 0 Å². The van der Waals surface area contributed by atoms with E-state index in [0.717, 1.165) is 3.71 Å². The number of amides is 1. The van der Waals surface area contributed by atoms with Crippen molar-refractivity contribution in [1.82, 2.24) is 8.61 Å². The predicted molar refractivity (Wildman–Crippen MR) is 105 cm³/mol. The Morgan fingerprint density at radius 3 is 2.52 bits per heavy atom. The second-order valence-electron chi connectivity index (χ2n) is 6.45. The Hall–Kier alpha value is -1.27. The summed E-state index contributed by atoms with van der Waals surface area (Å²) in [5, 5.41) is 9.32. The van der Waals surface area contributed by atoms with Crippen LogP contribution >= 0.6 is 35.5 Å². The van der Waals surface area contributed by atoms with Crippen molar-refractivity contribution >= 4 is 63.1 Å². The van der Waals surface area contributed by atoms with E-state index in [1.165, 1.54) is 48.0 Å². The molecule has 8 nitrogen and oxygen atoms in total. The van der Waals surface area contributed by atoms with Crippen LogP contribution in [0.4, 0.5) is 0 Å². The number of hydrogen-bond donors (Lipinski definition) is 1. The maximum absolute atomic E-state index is 12.5. The number of aliphatic carboxylic acids is 1. The highest BCUT2D eigenvalue weighted by atomic mass is 35.5. The number of fused-ring (bicyclic) bond motifs is 1. The predicted octanol–water partition coefficient (Wildman–Crippen LogP) is 2.11. The summed E-state index contributed by atoms with van der Waals surface area (Å²) in [5.41, 5.74) is 0.153. The molecule has 12 heteroatoms. The first-order valence-corrected chi connectivity index (χ1v) is 11.1. The Bertz CT molecular complexity index is 933. The van der Waals surface area contributed by atoms with E-state index in [-0.39, 0.29) is 10.6 Å². The molecule has 1 aromatic carbocycles. The molecule has 2 aliphatic heterocycles. The summed E-state index contributed by atoms with van der Waals surface area (Å²) in [5.74, 6) is -1.56. The molecule has 27 heavy (non-hydrogen) atoms. The number of nitrogens with zero attached hydrogens (tertiary/aromatic N) is 3. The molecule has 0 radical (unpaired) electrons. The zero-order valence-corrected chi connectivity index (χ0v) is 17.7. The van der Waals surface area contributed by atoms with Crippen molar-refractivity contribution in [2.24, 2.45) is 4.40 Å². The first kappa shape index (κ1) is 20.5. The number of carboxylic acid groups (broad SMARTS) is 1. The molecule has 0 bridgehead atoms. The smallest absolute Gasteiger partial charge is 0.327 e. The molecule has 0 aromatic heterocycles. The SMILES string of the molecule is CN(S/N=C1\C(=O)N2[C@@H]1SC(C)(C)[C@@H]2C(=O)O)S(=O)(=O)c1ccc(Cl)cc1. The molecule has 3 rings (SSSR count). The highest BCUT2D eigenvalue weighted by Gasteiger charge is 2.62. The van der Waals surface area contributed by atoms with E-state index in [2.05, 4.69) is 4.40 Å². The number of thioether (sulfide) groups is 1. The molecule has 0 saturated carbocycles. The van der Waals surface area contributed by atoms with Crippen molar-refractivity contribution in [3.8, 4) is 0 Å². The van der Waals surface area contributed by atoms with Gasteiger partial charge in [0.15, 0.2) is 0 Å². The van der Waals surface area contributed by atoms with Gasteiger partial charge in [-0.3, -0.25) is 4.79 Å². The van der Waals surface area contributed by atoms with Crippen LogP contribution in [-0.2, 0) is 19.6 Å². The fraction of sp³-hybridized carbons (Fsp3) is 0.400. The maximum atomic E-state index is 12.5. The minimum atomic E-state index is -3.82. The summed E-state index contributed by atoms with van der Waals surface area (Å²) < 4.78 is 29.4. The van der Waals surface area contributed by atoms with Crippen LogP contribution in [0.5, 0.6) is 0 Å². The Kier molecular flexibility index (Phi) is 5.28. The Morgan fingerprint density at radius 2 is 1.96 bits per heavy atom. The first-order valence-electron chi connectivity index (χ1n) is 7.69. The molecule has 1 amide bonds. The lowest BCUT2D eigenvalue weighted by Crippen LogP contribution is -2.63. The van der Waals surface area contributed by atoms with E-state index in [9.17, 15) is 23.1 Å². The van der Waals surface area contributed by atoms with Crippen LogP contribution in [0.2, 0.25) is 5.02 Å². The Labute approximate surface area is 170 Å². The number of sulfonamides is 1. The van der Waals surface area contributed by atoms with Gasteiger partial charge < -0.3 is 10.0 Å². The van der Waals surface area contributed by atoms with Crippen LogP contribution in [0, 0.1) is 0 Å². The molecule has 1 N–H and O–H groups in total. The van der Waals surface area contributed by atoms with E-state index in [1.54, 1.807) is 13.8 Å². The van der Waals surface area contributed by atoms with Gasteiger partial charge in [-0.2, -0.15) is 4.40 Å². The van der Waals surface area contributed by atoms with E-state index in [1.807, 2.05) is 0 Å². The van der Waals surface area contributed by atoms with E-state index < -0.39 is 38.1 Å². The monoisotopic (exact) mass is 449 g/mol. The van der Waals surface area contributed by atoms with Crippen molar-refractivity contribution in [3.05, 3.63) is 29.3 Å². The zero-order valence-electron chi connectivity index (χ0n) is 14.5. The van der Waals surface area contributed by atoms with Gasteiger partial charge in [0.2, 0.25) is 0 Å². The average molecular weight is 450 g/mol. The second kappa shape index (κ2) is 6.96. The van der Waals surface area contributed by atoms with Crippen LogP contribution in [0.3, 0.4) is 0 Å². The lowest BCUT2D eigenvalue weighted by Gasteiger charge is -2.37. The molecule has 2 fully saturated rings. The van der Waals surface area contributed by atoms with E-state index in [4.69, 9.17) is 11.6 Å². The molecule has 0 spiro atoms. The van der Waals surface area contributed by atoms with Gasteiger partial charge in [-0.15, -0.1) is 15.5 Å². The summed E-state index contributed by atoms with van der Waals surface area (Å²) in [6, 6.07) is 4.75. The quantitative estimate of drug-likeness (QED) is 0.541. The summed E-state index contributed by atoms with van der Waals surface area (Å²) in [6.45, 7) is 3.51. The lowest BCUT2D eigenvalue weighted by molar-refractivity contribution is -0.150. The van der Waals surface area contributed by atoms with Gasteiger partial charge in [-0.25, -0.2) is 13.2 Å². The van der Waals surface area contributed by atoms with Gasteiger partial charge in [-0.1, -0.05) is 11.6 Å². The molecule has 2 saturated heterocycles. The average Bonchev–Trinajstić information content (AvgIpc) is 2.83. The molecule has 2 aliphatic rings. The topological polar surface area (TPSA) is 107 Å². The van der Waals surface area contributed by atoms with E-state index in [0.29, 0.717) is 17.2 Å². The maximum Gasteiger partial charge on any atom is 0.327 e. The number of halogens is 1. The molecule has 0 unspecified atom stereocenters.